The summed E-state index contributed by atoms with van der Waals surface area (Å²) in [6.45, 7) is 2.12. The molecule has 9 heteroatoms. The summed E-state index contributed by atoms with van der Waals surface area (Å²) in [5.74, 6) is 0.226. The third-order valence-electron chi connectivity index (χ3n) is 3.44. The van der Waals surface area contributed by atoms with E-state index in [4.69, 9.17) is 4.42 Å². The van der Waals surface area contributed by atoms with Gasteiger partial charge in [0.05, 0.1) is 0 Å². The minimum atomic E-state index is -3.53. The number of sulfonamides is 1. The first kappa shape index (κ1) is 17.7. The third-order valence-corrected chi connectivity index (χ3v) is 6.62. The third kappa shape index (κ3) is 4.30. The fourth-order valence-electron chi connectivity index (χ4n) is 2.12. The fraction of sp³-hybridized carbons (Fsp3) is 0.250. The highest BCUT2D eigenvalue weighted by atomic mass is 32.2. The number of aromatic nitrogens is 2. The number of hydrogen-bond donors (Lipinski definition) is 1. The summed E-state index contributed by atoms with van der Waals surface area (Å²) in [6.07, 6.45) is 1.06. The predicted octanol–water partition coefficient (Wildman–Crippen LogP) is 3.02. The van der Waals surface area contributed by atoms with E-state index in [-0.39, 0.29) is 24.7 Å². The Kier molecular flexibility index (Phi) is 5.26. The number of nitrogens with one attached hydrogen (secondary N) is 1. The molecule has 0 spiro atoms. The van der Waals surface area contributed by atoms with Crippen LogP contribution in [0.15, 0.2) is 45.0 Å². The maximum absolute atomic E-state index is 12.9. The molecule has 1 N–H and O–H groups in total. The van der Waals surface area contributed by atoms with E-state index >= 15 is 0 Å². The highest BCUT2D eigenvalue weighted by Crippen LogP contribution is 2.22. The maximum Gasteiger partial charge on any atom is 0.250 e. The second-order valence-electron chi connectivity index (χ2n) is 5.23. The molecule has 0 aliphatic carbocycles. The van der Waals surface area contributed by atoms with E-state index in [1.165, 1.54) is 35.6 Å². The van der Waals surface area contributed by atoms with E-state index in [0.29, 0.717) is 15.7 Å². The Hall–Kier alpha value is -2.10. The van der Waals surface area contributed by atoms with Crippen LogP contribution in [0.1, 0.15) is 17.7 Å². The van der Waals surface area contributed by atoms with Crippen LogP contribution in [0.25, 0.3) is 11.5 Å². The Labute approximate surface area is 148 Å². The number of aryl methyl sites for hydroxylation is 1. The van der Waals surface area contributed by atoms with Crippen molar-refractivity contribution in [2.45, 2.75) is 24.0 Å². The molecule has 0 amide bonds. The smallest absolute Gasteiger partial charge is 0.250 e. The quantitative estimate of drug-likeness (QED) is 0.680. The van der Waals surface area contributed by atoms with E-state index in [1.54, 1.807) is 6.07 Å². The van der Waals surface area contributed by atoms with Crippen LogP contribution < -0.4 is 4.72 Å². The van der Waals surface area contributed by atoms with Gasteiger partial charge < -0.3 is 4.42 Å². The molecule has 0 bridgehead atoms. The van der Waals surface area contributed by atoms with Gasteiger partial charge in [0.1, 0.15) is 10.0 Å². The summed E-state index contributed by atoms with van der Waals surface area (Å²) < 4.78 is 45.6. The summed E-state index contributed by atoms with van der Waals surface area (Å²) >= 11 is 1.26. The minimum absolute atomic E-state index is 0.146. The monoisotopic (exact) mass is 381 g/mol. The molecule has 0 fully saturated rings. The summed E-state index contributed by atoms with van der Waals surface area (Å²) in [5.41, 5.74) is 0.603. The SMILES string of the molecule is CCc1ccc(S(=O)(=O)NCCc2nnc(-c3ccc(F)cc3)o2)s1. The van der Waals surface area contributed by atoms with E-state index in [1.807, 2.05) is 13.0 Å². The zero-order chi connectivity index (χ0) is 17.9. The van der Waals surface area contributed by atoms with Crippen LogP contribution in [0.2, 0.25) is 0 Å². The van der Waals surface area contributed by atoms with Gasteiger partial charge in [0.25, 0.3) is 0 Å². The molecule has 3 rings (SSSR count). The van der Waals surface area contributed by atoms with Crippen LogP contribution in [0.3, 0.4) is 0 Å². The van der Waals surface area contributed by atoms with Crippen LogP contribution >= 0.6 is 11.3 Å². The Morgan fingerprint density at radius 3 is 2.60 bits per heavy atom. The molecule has 0 saturated heterocycles. The van der Waals surface area contributed by atoms with Crippen molar-refractivity contribution in [1.82, 2.24) is 14.9 Å². The summed E-state index contributed by atoms with van der Waals surface area (Å²) in [5, 5.41) is 7.77. The van der Waals surface area contributed by atoms with Crippen LogP contribution in [0.5, 0.6) is 0 Å². The molecule has 1 aromatic carbocycles. The Morgan fingerprint density at radius 1 is 1.16 bits per heavy atom. The number of halogens is 1. The molecular weight excluding hydrogens is 365 g/mol. The first-order valence-electron chi connectivity index (χ1n) is 7.64. The van der Waals surface area contributed by atoms with Crippen molar-refractivity contribution in [3.63, 3.8) is 0 Å². The fourth-order valence-corrected chi connectivity index (χ4v) is 4.49. The summed E-state index contributed by atoms with van der Waals surface area (Å²) in [7, 11) is -3.53. The standard InChI is InChI=1S/C16H16FN3O3S2/c1-2-13-7-8-15(24-13)25(21,22)18-10-9-14-19-20-16(23-14)11-3-5-12(17)6-4-11/h3-8,18H,2,9-10H2,1H3. The lowest BCUT2D eigenvalue weighted by atomic mass is 10.2. The second-order valence-corrected chi connectivity index (χ2v) is 8.39. The van der Waals surface area contributed by atoms with Gasteiger partial charge in [-0.2, -0.15) is 0 Å². The predicted molar refractivity (Wildman–Crippen MR) is 92.3 cm³/mol. The number of nitrogens with zero attached hydrogens (tertiary/aromatic N) is 2. The molecule has 2 aromatic heterocycles. The molecule has 0 aliphatic heterocycles. The van der Waals surface area contributed by atoms with Gasteiger partial charge in [-0.3, -0.25) is 0 Å². The molecule has 2 heterocycles. The van der Waals surface area contributed by atoms with Crippen molar-refractivity contribution < 1.29 is 17.2 Å². The van der Waals surface area contributed by atoms with Gasteiger partial charge in [-0.05, 0) is 42.8 Å². The molecule has 132 valence electrons. The van der Waals surface area contributed by atoms with Gasteiger partial charge in [-0.25, -0.2) is 17.5 Å². The Morgan fingerprint density at radius 2 is 1.92 bits per heavy atom. The van der Waals surface area contributed by atoms with Crippen molar-refractivity contribution in [2.75, 3.05) is 6.54 Å². The number of rotatable bonds is 7. The van der Waals surface area contributed by atoms with Crippen molar-refractivity contribution in [3.05, 3.63) is 53.0 Å². The minimum Gasteiger partial charge on any atom is -0.421 e. The second kappa shape index (κ2) is 7.42. The topological polar surface area (TPSA) is 85.1 Å². The van der Waals surface area contributed by atoms with Gasteiger partial charge in [0, 0.05) is 23.4 Å². The molecule has 0 saturated carbocycles. The first-order valence-corrected chi connectivity index (χ1v) is 9.94. The van der Waals surface area contributed by atoms with Crippen molar-refractivity contribution >= 4 is 21.4 Å². The van der Waals surface area contributed by atoms with E-state index in [2.05, 4.69) is 14.9 Å². The number of thiophene rings is 1. The van der Waals surface area contributed by atoms with Gasteiger partial charge in [-0.1, -0.05) is 6.92 Å². The first-order chi connectivity index (χ1) is 12.0. The lowest BCUT2D eigenvalue weighted by molar-refractivity contribution is 0.502. The molecular formula is C16H16FN3O3S2. The molecule has 3 aromatic rings. The highest BCUT2D eigenvalue weighted by molar-refractivity contribution is 7.91. The Balaban J connectivity index is 1.60. The van der Waals surface area contributed by atoms with Gasteiger partial charge >= 0.3 is 0 Å². The molecule has 0 atom stereocenters. The normalized spacial score (nSPS) is 11.8. The van der Waals surface area contributed by atoms with Crippen molar-refractivity contribution in [3.8, 4) is 11.5 Å². The average Bonchev–Trinajstić information content (AvgIpc) is 3.25. The van der Waals surface area contributed by atoms with Crippen molar-refractivity contribution in [2.24, 2.45) is 0 Å². The zero-order valence-electron chi connectivity index (χ0n) is 13.4. The van der Waals surface area contributed by atoms with Gasteiger partial charge in [-0.15, -0.1) is 21.5 Å². The van der Waals surface area contributed by atoms with Crippen molar-refractivity contribution in [1.29, 1.82) is 0 Å². The van der Waals surface area contributed by atoms with Gasteiger partial charge in [0.2, 0.25) is 21.8 Å². The summed E-state index contributed by atoms with van der Waals surface area (Å²) in [4.78, 5) is 1.02. The zero-order valence-corrected chi connectivity index (χ0v) is 15.0. The average molecular weight is 381 g/mol. The maximum atomic E-state index is 12.9. The highest BCUT2D eigenvalue weighted by Gasteiger charge is 2.17. The molecule has 25 heavy (non-hydrogen) atoms. The van der Waals surface area contributed by atoms with Crippen LogP contribution in [0, 0.1) is 5.82 Å². The largest absolute Gasteiger partial charge is 0.421 e. The molecule has 0 unspecified atom stereocenters. The number of benzene rings is 1. The van der Waals surface area contributed by atoms with E-state index in [0.717, 1.165) is 11.3 Å². The Bertz CT molecular complexity index is 949. The molecule has 0 aliphatic rings. The van der Waals surface area contributed by atoms with Crippen LogP contribution in [0.4, 0.5) is 4.39 Å². The lowest BCUT2D eigenvalue weighted by Gasteiger charge is -2.02. The van der Waals surface area contributed by atoms with Crippen LogP contribution in [-0.2, 0) is 22.9 Å². The lowest BCUT2D eigenvalue weighted by Crippen LogP contribution is -2.25. The number of hydrogen-bond acceptors (Lipinski definition) is 6. The summed E-state index contributed by atoms with van der Waals surface area (Å²) in [6, 6.07) is 9.10. The van der Waals surface area contributed by atoms with E-state index < -0.39 is 10.0 Å². The van der Waals surface area contributed by atoms with E-state index in [9.17, 15) is 12.8 Å². The van der Waals surface area contributed by atoms with Crippen LogP contribution in [-0.4, -0.2) is 25.2 Å². The molecule has 6 nitrogen and oxygen atoms in total. The van der Waals surface area contributed by atoms with Gasteiger partial charge in [0.15, 0.2) is 0 Å². The molecule has 0 radical (unpaired) electrons.